The molecule has 2 heterocycles. The van der Waals surface area contributed by atoms with E-state index >= 15 is 0 Å². The van der Waals surface area contributed by atoms with Crippen LogP contribution < -0.4 is 4.74 Å². The van der Waals surface area contributed by atoms with E-state index in [1.165, 1.54) is 0 Å². The second-order valence-corrected chi connectivity index (χ2v) is 9.63. The van der Waals surface area contributed by atoms with Crippen LogP contribution in [0.2, 0.25) is 0 Å². The second kappa shape index (κ2) is 8.67. The molecule has 0 saturated heterocycles. The van der Waals surface area contributed by atoms with Gasteiger partial charge in [-0.25, -0.2) is 4.98 Å². The number of hydrogen-bond acceptors (Lipinski definition) is 4. The van der Waals surface area contributed by atoms with E-state index in [9.17, 15) is 9.59 Å². The molecule has 6 heteroatoms. The van der Waals surface area contributed by atoms with Crippen LogP contribution in [0.4, 0.5) is 0 Å². The number of nitrogens with zero attached hydrogens (tertiary/aromatic N) is 3. The van der Waals surface area contributed by atoms with Gasteiger partial charge in [-0.05, 0) is 77.0 Å². The Kier molecular flexibility index (Phi) is 5.10. The number of carbonyl (C=O) groups excluding carboxylic acids is 2. The Hall–Kier alpha value is -5.23. The molecule has 0 N–H and O–H groups in total. The number of Topliss-reactive ketones (excluding diaryl/α,β-unsaturated/α-hetero) is 2. The predicted molar refractivity (Wildman–Crippen MR) is 153 cm³/mol. The maximum Gasteiger partial charge on any atom is 0.197 e. The molecule has 6 nitrogen and oxygen atoms in total. The number of ether oxygens (including phenoxy) is 1. The van der Waals surface area contributed by atoms with Crippen molar-refractivity contribution in [2.45, 2.75) is 0 Å². The van der Waals surface area contributed by atoms with Gasteiger partial charge in [0.15, 0.2) is 17.2 Å². The summed E-state index contributed by atoms with van der Waals surface area (Å²) in [5.74, 6) is 0.771. The summed E-state index contributed by atoms with van der Waals surface area (Å²) in [7, 11) is 3.61. The number of para-hydroxylation sites is 1. The van der Waals surface area contributed by atoms with Crippen LogP contribution in [0.3, 0.4) is 0 Å². The topological polar surface area (TPSA) is 66.1 Å². The minimum absolute atomic E-state index is 0.128. The monoisotopic (exact) mass is 509 g/mol. The van der Waals surface area contributed by atoms with Crippen molar-refractivity contribution >= 4 is 39.6 Å². The van der Waals surface area contributed by atoms with Crippen LogP contribution in [0, 0.1) is 0 Å². The number of hydrogen-bond donors (Lipinski definition) is 0. The number of aryl methyl sites for hydroxylation is 1. The van der Waals surface area contributed by atoms with Gasteiger partial charge < -0.3 is 9.30 Å². The molecule has 4 aromatic carbocycles. The third-order valence-electron chi connectivity index (χ3n) is 7.41. The molecule has 0 aliphatic heterocycles. The molecule has 6 aromatic rings. The zero-order valence-corrected chi connectivity index (χ0v) is 21.4. The lowest BCUT2D eigenvalue weighted by Gasteiger charge is -2.07. The van der Waals surface area contributed by atoms with Crippen LogP contribution in [0.15, 0.2) is 103 Å². The lowest BCUT2D eigenvalue weighted by molar-refractivity contribution is 0.0990. The van der Waals surface area contributed by atoms with E-state index < -0.39 is 0 Å². The number of imidazole rings is 1. The Bertz CT molecular complexity index is 1920. The molecule has 0 atom stereocenters. The molecule has 0 bridgehead atoms. The summed E-state index contributed by atoms with van der Waals surface area (Å²) in [6, 6.07) is 31.2. The van der Waals surface area contributed by atoms with Crippen molar-refractivity contribution in [2.24, 2.45) is 7.05 Å². The molecule has 2 aromatic heterocycles. The first kappa shape index (κ1) is 22.9. The Balaban J connectivity index is 1.40. The maximum atomic E-state index is 13.5. The molecular weight excluding hydrogens is 486 g/mol. The van der Waals surface area contributed by atoms with Gasteiger partial charge in [-0.1, -0.05) is 42.5 Å². The van der Waals surface area contributed by atoms with Gasteiger partial charge in [0.2, 0.25) is 0 Å². The normalized spacial score (nSPS) is 12.9. The quantitative estimate of drug-likeness (QED) is 0.197. The van der Waals surface area contributed by atoms with Crippen molar-refractivity contribution in [3.8, 4) is 22.7 Å². The van der Waals surface area contributed by atoms with Crippen LogP contribution in [0.1, 0.15) is 26.5 Å². The molecule has 0 amide bonds. The first-order valence-electron chi connectivity index (χ1n) is 12.7. The molecule has 0 radical (unpaired) electrons. The predicted octanol–water partition coefficient (Wildman–Crippen LogP) is 6.66. The standard InChI is InChI=1S/C33H23N3O3/c1-35-28(20-12-14-24(39-2)15-13-20)19-29-33(35)34-30(36(29)23-10-4-3-5-11-23)18-27-31(37)25-16-21-8-6-7-9-22(21)17-26(25)32(27)38/h3-19H,1-2H3. The summed E-state index contributed by atoms with van der Waals surface area (Å²) in [6.45, 7) is 0. The van der Waals surface area contributed by atoms with Crippen LogP contribution in [-0.4, -0.2) is 32.8 Å². The van der Waals surface area contributed by atoms with Gasteiger partial charge in [0.05, 0.1) is 23.9 Å². The Morgan fingerprint density at radius 3 is 2.00 bits per heavy atom. The summed E-state index contributed by atoms with van der Waals surface area (Å²) < 4.78 is 9.33. The number of carbonyl (C=O) groups is 2. The zero-order chi connectivity index (χ0) is 26.7. The molecule has 7 rings (SSSR count). The van der Waals surface area contributed by atoms with Gasteiger partial charge >= 0.3 is 0 Å². The largest absolute Gasteiger partial charge is 0.497 e. The van der Waals surface area contributed by atoms with Crippen molar-refractivity contribution in [2.75, 3.05) is 7.11 Å². The number of methoxy groups -OCH3 is 1. The molecule has 0 unspecified atom stereocenters. The lowest BCUT2D eigenvalue weighted by atomic mass is 10.0. The summed E-state index contributed by atoms with van der Waals surface area (Å²) in [5, 5.41) is 1.86. The van der Waals surface area contributed by atoms with E-state index in [1.807, 2.05) is 107 Å². The lowest BCUT2D eigenvalue weighted by Crippen LogP contribution is -2.03. The smallest absolute Gasteiger partial charge is 0.197 e. The fourth-order valence-electron chi connectivity index (χ4n) is 5.41. The van der Waals surface area contributed by atoms with Crippen molar-refractivity contribution < 1.29 is 14.3 Å². The van der Waals surface area contributed by atoms with E-state index in [2.05, 4.69) is 6.07 Å². The molecule has 0 saturated carbocycles. The highest BCUT2D eigenvalue weighted by molar-refractivity contribution is 6.42. The third kappa shape index (κ3) is 3.53. The van der Waals surface area contributed by atoms with E-state index in [0.717, 1.165) is 44.6 Å². The summed E-state index contributed by atoms with van der Waals surface area (Å²) >= 11 is 0. The van der Waals surface area contributed by atoms with Gasteiger partial charge in [0.25, 0.3) is 0 Å². The van der Waals surface area contributed by atoms with Crippen molar-refractivity contribution in [1.29, 1.82) is 0 Å². The van der Waals surface area contributed by atoms with Gasteiger partial charge in [-0.3, -0.25) is 14.2 Å². The minimum atomic E-state index is -0.272. The number of fused-ring (bicyclic) bond motifs is 3. The molecule has 39 heavy (non-hydrogen) atoms. The SMILES string of the molecule is COc1ccc(-c2cc3c(nc(C=C4C(=O)c5cc6ccccc6cc5C4=O)n3-c3ccccc3)n2C)cc1. The molecule has 0 spiro atoms. The average Bonchev–Trinajstić information content (AvgIpc) is 3.57. The highest BCUT2D eigenvalue weighted by atomic mass is 16.5. The third-order valence-corrected chi connectivity index (χ3v) is 7.41. The highest BCUT2D eigenvalue weighted by Crippen LogP contribution is 2.34. The number of ketones is 2. The van der Waals surface area contributed by atoms with Crippen LogP contribution in [-0.2, 0) is 7.05 Å². The van der Waals surface area contributed by atoms with Crippen LogP contribution >= 0.6 is 0 Å². The van der Waals surface area contributed by atoms with E-state index in [-0.39, 0.29) is 17.1 Å². The Labute approximate surface area is 224 Å². The van der Waals surface area contributed by atoms with Crippen molar-refractivity contribution in [1.82, 2.24) is 14.1 Å². The molecule has 1 aliphatic carbocycles. The second-order valence-electron chi connectivity index (χ2n) is 9.63. The summed E-state index contributed by atoms with van der Waals surface area (Å²) in [6.07, 6.45) is 1.63. The van der Waals surface area contributed by atoms with Crippen LogP contribution in [0.25, 0.3) is 45.0 Å². The number of allylic oxidation sites excluding steroid dienone is 1. The zero-order valence-electron chi connectivity index (χ0n) is 21.4. The van der Waals surface area contributed by atoms with E-state index in [4.69, 9.17) is 9.72 Å². The van der Waals surface area contributed by atoms with E-state index in [0.29, 0.717) is 17.0 Å². The fourth-order valence-corrected chi connectivity index (χ4v) is 5.41. The van der Waals surface area contributed by atoms with Crippen molar-refractivity contribution in [3.05, 3.63) is 120 Å². The molecule has 0 fully saturated rings. The molecule has 188 valence electrons. The number of rotatable bonds is 4. The van der Waals surface area contributed by atoms with Crippen molar-refractivity contribution in [3.63, 3.8) is 0 Å². The first-order valence-corrected chi connectivity index (χ1v) is 12.7. The van der Waals surface area contributed by atoms with E-state index in [1.54, 1.807) is 13.2 Å². The molecular formula is C33H23N3O3. The Morgan fingerprint density at radius 1 is 0.769 bits per heavy atom. The highest BCUT2D eigenvalue weighted by Gasteiger charge is 2.34. The summed E-state index contributed by atoms with van der Waals surface area (Å²) in [4.78, 5) is 31.9. The molecule has 1 aliphatic rings. The maximum absolute atomic E-state index is 13.5. The fraction of sp³-hybridized carbons (Fsp3) is 0.0606. The Morgan fingerprint density at radius 2 is 1.38 bits per heavy atom. The first-order chi connectivity index (χ1) is 19.0. The van der Waals surface area contributed by atoms with Gasteiger partial charge in [0.1, 0.15) is 11.6 Å². The summed E-state index contributed by atoms with van der Waals surface area (Å²) in [5.41, 5.74) is 5.54. The van der Waals surface area contributed by atoms with Crippen LogP contribution in [0.5, 0.6) is 5.75 Å². The average molecular weight is 510 g/mol. The number of aromatic nitrogens is 3. The minimum Gasteiger partial charge on any atom is -0.497 e. The van der Waals surface area contributed by atoms with Gasteiger partial charge in [-0.15, -0.1) is 0 Å². The number of benzene rings is 4. The van der Waals surface area contributed by atoms with Gasteiger partial charge in [0, 0.05) is 23.9 Å². The van der Waals surface area contributed by atoms with Gasteiger partial charge in [-0.2, -0.15) is 0 Å².